The number of nitrogens with zero attached hydrogens (tertiary/aromatic N) is 1. The van der Waals surface area contributed by atoms with Crippen LogP contribution >= 0.6 is 24.0 Å². The molecule has 0 heterocycles. The van der Waals surface area contributed by atoms with E-state index in [1.54, 1.807) is 0 Å². The number of anilines is 1. The van der Waals surface area contributed by atoms with Crippen molar-refractivity contribution in [3.63, 3.8) is 0 Å². The largest absolute Gasteiger partial charge is 0.453 e. The number of halogens is 1. The van der Waals surface area contributed by atoms with E-state index in [0.717, 1.165) is 30.9 Å². The average molecular weight is 444 g/mol. The normalized spacial score (nSPS) is 14.0. The Morgan fingerprint density at radius 2 is 1.92 bits per heavy atom. The first-order valence-corrected chi connectivity index (χ1v) is 7.85. The highest BCUT2D eigenvalue weighted by Gasteiger charge is 2.11. The van der Waals surface area contributed by atoms with Crippen molar-refractivity contribution in [1.29, 1.82) is 0 Å². The van der Waals surface area contributed by atoms with Crippen molar-refractivity contribution in [2.45, 2.75) is 32.4 Å². The zero-order chi connectivity index (χ0) is 16.5. The summed E-state index contributed by atoms with van der Waals surface area (Å²) in [6.45, 7) is 3.46. The molecule has 7 heteroatoms. The number of aliphatic imine (C=N–C) groups is 1. The fourth-order valence-corrected chi connectivity index (χ4v) is 2.28. The molecule has 1 aliphatic carbocycles. The highest BCUT2D eigenvalue weighted by atomic mass is 127. The molecule has 0 unspecified atom stereocenters. The molecule has 0 saturated heterocycles. The minimum Gasteiger partial charge on any atom is -0.453 e. The Morgan fingerprint density at radius 3 is 2.50 bits per heavy atom. The third-order valence-corrected chi connectivity index (χ3v) is 3.50. The van der Waals surface area contributed by atoms with Crippen molar-refractivity contribution in [2.75, 3.05) is 19.0 Å². The number of amides is 1. The van der Waals surface area contributed by atoms with Crippen molar-refractivity contribution >= 4 is 41.7 Å². The molecule has 6 nitrogen and oxygen atoms in total. The lowest BCUT2D eigenvalue weighted by Crippen LogP contribution is -2.42. The van der Waals surface area contributed by atoms with Gasteiger partial charge in [0.1, 0.15) is 0 Å². The number of hydrogen-bond donors (Lipinski definition) is 3. The van der Waals surface area contributed by atoms with Crippen LogP contribution < -0.4 is 16.0 Å². The van der Waals surface area contributed by atoms with Crippen molar-refractivity contribution in [3.05, 3.63) is 42.0 Å². The molecule has 0 bridgehead atoms. The van der Waals surface area contributed by atoms with E-state index >= 15 is 0 Å². The number of carbonyl (C=O) groups is 1. The molecule has 1 amide bonds. The monoisotopic (exact) mass is 444 g/mol. The van der Waals surface area contributed by atoms with Crippen LogP contribution in [0.3, 0.4) is 0 Å². The van der Waals surface area contributed by atoms with Gasteiger partial charge >= 0.3 is 6.09 Å². The van der Waals surface area contributed by atoms with Crippen LogP contribution in [0.1, 0.15) is 25.3 Å². The third kappa shape index (κ3) is 6.77. The van der Waals surface area contributed by atoms with Crippen LogP contribution in [-0.4, -0.2) is 31.7 Å². The van der Waals surface area contributed by atoms with Crippen LogP contribution in [0.2, 0.25) is 0 Å². The summed E-state index contributed by atoms with van der Waals surface area (Å²) >= 11 is 0. The first kappa shape index (κ1) is 20.3. The van der Waals surface area contributed by atoms with Crippen molar-refractivity contribution in [1.82, 2.24) is 10.6 Å². The quantitative estimate of drug-likeness (QED) is 0.282. The Hall–Kier alpha value is -1.77. The van der Waals surface area contributed by atoms with Gasteiger partial charge in [-0.25, -0.2) is 9.79 Å². The molecule has 0 saturated carbocycles. The van der Waals surface area contributed by atoms with Gasteiger partial charge in [0, 0.05) is 18.3 Å². The van der Waals surface area contributed by atoms with Crippen molar-refractivity contribution < 1.29 is 9.53 Å². The lowest BCUT2D eigenvalue weighted by molar-refractivity contribution is 0.187. The highest BCUT2D eigenvalue weighted by Crippen LogP contribution is 2.11. The minimum atomic E-state index is -0.473. The second-order valence-electron chi connectivity index (χ2n) is 5.29. The van der Waals surface area contributed by atoms with Gasteiger partial charge in [-0.15, -0.1) is 24.0 Å². The van der Waals surface area contributed by atoms with E-state index in [-0.39, 0.29) is 24.0 Å². The number of benzene rings is 1. The lowest BCUT2D eigenvalue weighted by atomic mass is 10.2. The van der Waals surface area contributed by atoms with Gasteiger partial charge in [0.15, 0.2) is 5.96 Å². The van der Waals surface area contributed by atoms with E-state index < -0.39 is 6.09 Å². The topological polar surface area (TPSA) is 74.8 Å². The maximum atomic E-state index is 11.1. The molecule has 1 aliphatic rings. The molecule has 2 rings (SSSR count). The summed E-state index contributed by atoms with van der Waals surface area (Å²) in [6.07, 6.45) is 5.98. The Bertz CT molecular complexity index is 564. The summed E-state index contributed by atoms with van der Waals surface area (Å²) in [4.78, 5) is 15.7. The molecule has 0 radical (unpaired) electrons. The molecule has 0 aliphatic heterocycles. The molecule has 1 aromatic carbocycles. The Morgan fingerprint density at radius 1 is 1.25 bits per heavy atom. The molecule has 0 fully saturated rings. The lowest BCUT2D eigenvalue weighted by Gasteiger charge is -2.16. The van der Waals surface area contributed by atoms with Gasteiger partial charge in [-0.3, -0.25) is 5.32 Å². The van der Waals surface area contributed by atoms with Gasteiger partial charge in [0.2, 0.25) is 0 Å². The molecule has 0 spiro atoms. The van der Waals surface area contributed by atoms with Crippen LogP contribution in [0, 0.1) is 0 Å². The van der Waals surface area contributed by atoms with E-state index in [1.165, 1.54) is 7.11 Å². The van der Waals surface area contributed by atoms with Gasteiger partial charge in [-0.2, -0.15) is 0 Å². The van der Waals surface area contributed by atoms with Gasteiger partial charge in [-0.1, -0.05) is 24.3 Å². The number of guanidine groups is 1. The van der Waals surface area contributed by atoms with Gasteiger partial charge in [-0.05, 0) is 37.5 Å². The number of hydrogen-bond acceptors (Lipinski definition) is 3. The number of ether oxygens (including phenoxy) is 1. The molecule has 0 atom stereocenters. The fraction of sp³-hybridized carbons (Fsp3) is 0.412. The maximum absolute atomic E-state index is 11.1. The van der Waals surface area contributed by atoms with Gasteiger partial charge in [0.05, 0.1) is 13.7 Å². The Labute approximate surface area is 160 Å². The summed E-state index contributed by atoms with van der Waals surface area (Å²) in [5.74, 6) is 0.831. The molecule has 3 N–H and O–H groups in total. The van der Waals surface area contributed by atoms with E-state index in [0.29, 0.717) is 18.3 Å². The first-order chi connectivity index (χ1) is 11.2. The number of carbonyl (C=O) groups excluding carboxylic acids is 1. The van der Waals surface area contributed by atoms with Crippen LogP contribution in [-0.2, 0) is 11.3 Å². The van der Waals surface area contributed by atoms with E-state index in [9.17, 15) is 4.79 Å². The van der Waals surface area contributed by atoms with Gasteiger partial charge < -0.3 is 15.4 Å². The predicted octanol–water partition coefficient (Wildman–Crippen LogP) is 3.26. The third-order valence-electron chi connectivity index (χ3n) is 3.50. The molecule has 1 aromatic rings. The van der Waals surface area contributed by atoms with Crippen LogP contribution in [0.4, 0.5) is 10.5 Å². The predicted molar refractivity (Wildman–Crippen MR) is 108 cm³/mol. The average Bonchev–Trinajstić information content (AvgIpc) is 3.07. The highest BCUT2D eigenvalue weighted by molar-refractivity contribution is 14.0. The van der Waals surface area contributed by atoms with E-state index in [1.807, 2.05) is 24.3 Å². The second-order valence-corrected chi connectivity index (χ2v) is 5.29. The zero-order valence-electron chi connectivity index (χ0n) is 14.0. The molecular formula is C17H25IN4O2. The van der Waals surface area contributed by atoms with Gasteiger partial charge in [0.25, 0.3) is 0 Å². The molecular weight excluding hydrogens is 419 g/mol. The van der Waals surface area contributed by atoms with Crippen LogP contribution in [0.5, 0.6) is 0 Å². The molecule has 24 heavy (non-hydrogen) atoms. The van der Waals surface area contributed by atoms with E-state index in [2.05, 4.69) is 44.8 Å². The van der Waals surface area contributed by atoms with Crippen molar-refractivity contribution in [3.8, 4) is 0 Å². The Kier molecular flexibility index (Phi) is 9.21. The smallest absolute Gasteiger partial charge is 0.411 e. The van der Waals surface area contributed by atoms with Crippen molar-refractivity contribution in [2.24, 2.45) is 4.99 Å². The standard InChI is InChI=1S/C17H24N4O2.HI/c1-3-18-16(20-14-6-4-5-7-14)19-12-13-8-10-15(11-9-13)21-17(22)23-2;/h4-5,8-11,14H,3,6-7,12H2,1-2H3,(H,21,22)(H2,18,19,20);1H. The summed E-state index contributed by atoms with van der Waals surface area (Å²) < 4.78 is 4.56. The summed E-state index contributed by atoms with van der Waals surface area (Å²) in [6, 6.07) is 7.98. The summed E-state index contributed by atoms with van der Waals surface area (Å²) in [5, 5.41) is 9.32. The molecule has 0 aromatic heterocycles. The zero-order valence-corrected chi connectivity index (χ0v) is 16.4. The number of nitrogens with one attached hydrogen (secondary N) is 3. The second kappa shape index (κ2) is 10.9. The summed E-state index contributed by atoms with van der Waals surface area (Å²) in [7, 11) is 1.34. The molecule has 132 valence electrons. The summed E-state index contributed by atoms with van der Waals surface area (Å²) in [5.41, 5.74) is 1.77. The Balaban J connectivity index is 0.00000288. The first-order valence-electron chi connectivity index (χ1n) is 7.85. The minimum absolute atomic E-state index is 0. The number of methoxy groups -OCH3 is 1. The van der Waals surface area contributed by atoms with E-state index in [4.69, 9.17) is 0 Å². The SMILES string of the molecule is CCNC(=NCc1ccc(NC(=O)OC)cc1)NC1CC=CC1.I. The fourth-order valence-electron chi connectivity index (χ4n) is 2.28. The maximum Gasteiger partial charge on any atom is 0.411 e. The van der Waals surface area contributed by atoms with Crippen LogP contribution in [0.25, 0.3) is 0 Å². The van der Waals surface area contributed by atoms with Crippen LogP contribution in [0.15, 0.2) is 41.4 Å². The number of rotatable bonds is 5.